The van der Waals surface area contributed by atoms with Gasteiger partial charge in [0.05, 0.1) is 16.2 Å². The van der Waals surface area contributed by atoms with Gasteiger partial charge >= 0.3 is 0 Å². The standard InChI is InChI=1S/C21H20ClN3O2S/c1-3-11-25-20(27)17-12-16(22)9-10-18(17)24-21(25)28-14(2)19(26)23-13-15-7-5-4-6-8-15/h3-10,12,14H,1,11,13H2,2H3,(H,23,26)/t14-/m1/s1. The zero-order valence-electron chi connectivity index (χ0n) is 15.4. The molecule has 1 heterocycles. The average Bonchev–Trinajstić information content (AvgIpc) is 2.70. The molecule has 1 aromatic heterocycles. The topological polar surface area (TPSA) is 64.0 Å². The Balaban J connectivity index is 1.82. The van der Waals surface area contributed by atoms with Crippen LogP contribution in [0.2, 0.25) is 5.02 Å². The summed E-state index contributed by atoms with van der Waals surface area (Å²) in [4.78, 5) is 29.9. The van der Waals surface area contributed by atoms with Crippen molar-refractivity contribution in [1.29, 1.82) is 0 Å². The maximum atomic E-state index is 12.9. The van der Waals surface area contributed by atoms with E-state index in [0.717, 1.165) is 5.56 Å². The van der Waals surface area contributed by atoms with Crippen LogP contribution in [0.5, 0.6) is 0 Å². The number of allylic oxidation sites excluding steroid dienone is 1. The van der Waals surface area contributed by atoms with Gasteiger partial charge in [-0.05, 0) is 30.7 Å². The first-order valence-corrected chi connectivity index (χ1v) is 10.0. The molecular weight excluding hydrogens is 394 g/mol. The minimum Gasteiger partial charge on any atom is -0.351 e. The van der Waals surface area contributed by atoms with Crippen LogP contribution in [0.25, 0.3) is 10.9 Å². The lowest BCUT2D eigenvalue weighted by molar-refractivity contribution is -0.120. The molecule has 2 aromatic carbocycles. The molecule has 1 atom stereocenters. The molecule has 3 rings (SSSR count). The van der Waals surface area contributed by atoms with Crippen LogP contribution in [0.15, 0.2) is 71.1 Å². The normalized spacial score (nSPS) is 11.9. The van der Waals surface area contributed by atoms with Gasteiger partial charge in [0.1, 0.15) is 0 Å². The highest BCUT2D eigenvalue weighted by atomic mass is 35.5. The molecule has 0 saturated heterocycles. The second kappa shape index (κ2) is 9.08. The van der Waals surface area contributed by atoms with Gasteiger partial charge in [-0.15, -0.1) is 6.58 Å². The lowest BCUT2D eigenvalue weighted by Crippen LogP contribution is -2.31. The Morgan fingerprint density at radius 1 is 1.32 bits per heavy atom. The number of rotatable bonds is 7. The van der Waals surface area contributed by atoms with Gasteiger partial charge < -0.3 is 5.32 Å². The van der Waals surface area contributed by atoms with Crippen molar-refractivity contribution in [2.24, 2.45) is 0 Å². The van der Waals surface area contributed by atoms with E-state index in [0.29, 0.717) is 34.2 Å². The van der Waals surface area contributed by atoms with E-state index in [1.165, 1.54) is 16.3 Å². The van der Waals surface area contributed by atoms with Crippen LogP contribution in [-0.2, 0) is 17.9 Å². The summed E-state index contributed by atoms with van der Waals surface area (Å²) in [5, 5.41) is 3.89. The van der Waals surface area contributed by atoms with E-state index in [4.69, 9.17) is 11.6 Å². The van der Waals surface area contributed by atoms with Crippen molar-refractivity contribution >= 4 is 40.2 Å². The summed E-state index contributed by atoms with van der Waals surface area (Å²) in [5.74, 6) is -0.121. The molecule has 1 amide bonds. The van der Waals surface area contributed by atoms with E-state index in [9.17, 15) is 9.59 Å². The highest BCUT2D eigenvalue weighted by molar-refractivity contribution is 8.00. The van der Waals surface area contributed by atoms with Gasteiger partial charge in [-0.1, -0.05) is 59.8 Å². The highest BCUT2D eigenvalue weighted by Crippen LogP contribution is 2.24. The molecule has 0 aliphatic rings. The number of benzene rings is 2. The predicted molar refractivity (Wildman–Crippen MR) is 115 cm³/mol. The smallest absolute Gasteiger partial charge is 0.262 e. The van der Waals surface area contributed by atoms with Crippen LogP contribution >= 0.6 is 23.4 Å². The van der Waals surface area contributed by atoms with Crippen molar-refractivity contribution < 1.29 is 4.79 Å². The Morgan fingerprint density at radius 2 is 2.07 bits per heavy atom. The number of nitrogens with one attached hydrogen (secondary N) is 1. The van der Waals surface area contributed by atoms with E-state index >= 15 is 0 Å². The third kappa shape index (κ3) is 4.64. The van der Waals surface area contributed by atoms with E-state index < -0.39 is 5.25 Å². The number of amides is 1. The Bertz CT molecular complexity index is 1070. The Kier molecular flexibility index (Phi) is 6.54. The van der Waals surface area contributed by atoms with E-state index in [1.54, 1.807) is 31.2 Å². The zero-order chi connectivity index (χ0) is 20.1. The number of hydrogen-bond donors (Lipinski definition) is 1. The van der Waals surface area contributed by atoms with Crippen LogP contribution in [0.1, 0.15) is 12.5 Å². The molecule has 0 fully saturated rings. The summed E-state index contributed by atoms with van der Waals surface area (Å²) in [6, 6.07) is 14.7. The lowest BCUT2D eigenvalue weighted by Gasteiger charge is -2.15. The molecule has 0 saturated carbocycles. The first kappa shape index (κ1) is 20.2. The van der Waals surface area contributed by atoms with Crippen molar-refractivity contribution in [3.05, 3.63) is 82.1 Å². The number of halogens is 1. The maximum Gasteiger partial charge on any atom is 0.262 e. The fourth-order valence-electron chi connectivity index (χ4n) is 2.69. The summed E-state index contributed by atoms with van der Waals surface area (Å²) in [6.45, 7) is 6.26. The Hall–Kier alpha value is -2.57. The number of carbonyl (C=O) groups is 1. The molecule has 3 aromatic rings. The van der Waals surface area contributed by atoms with Gasteiger partial charge in [0.25, 0.3) is 5.56 Å². The molecule has 0 unspecified atom stereocenters. The van der Waals surface area contributed by atoms with Crippen LogP contribution in [0.3, 0.4) is 0 Å². The first-order valence-electron chi connectivity index (χ1n) is 8.79. The van der Waals surface area contributed by atoms with Gasteiger partial charge in [0.2, 0.25) is 5.91 Å². The zero-order valence-corrected chi connectivity index (χ0v) is 17.0. The molecule has 5 nitrogen and oxygen atoms in total. The fourth-order valence-corrected chi connectivity index (χ4v) is 3.81. The summed E-state index contributed by atoms with van der Waals surface area (Å²) in [6.07, 6.45) is 1.63. The van der Waals surface area contributed by atoms with Crippen LogP contribution < -0.4 is 10.9 Å². The summed E-state index contributed by atoms with van der Waals surface area (Å²) < 4.78 is 1.51. The maximum absolute atomic E-state index is 12.9. The molecule has 0 aliphatic heterocycles. The molecule has 1 N–H and O–H groups in total. The summed E-state index contributed by atoms with van der Waals surface area (Å²) in [7, 11) is 0. The van der Waals surface area contributed by atoms with Crippen molar-refractivity contribution in [2.75, 3.05) is 0 Å². The Morgan fingerprint density at radius 3 is 2.79 bits per heavy atom. The van der Waals surface area contributed by atoms with E-state index in [2.05, 4.69) is 16.9 Å². The number of nitrogens with zero attached hydrogens (tertiary/aromatic N) is 2. The first-order chi connectivity index (χ1) is 13.5. The lowest BCUT2D eigenvalue weighted by atomic mass is 10.2. The van der Waals surface area contributed by atoms with Gasteiger partial charge in [0.15, 0.2) is 5.16 Å². The molecule has 0 spiro atoms. The summed E-state index contributed by atoms with van der Waals surface area (Å²) in [5.41, 5.74) is 1.37. The molecular formula is C21H20ClN3O2S. The number of fused-ring (bicyclic) bond motifs is 1. The number of thioether (sulfide) groups is 1. The van der Waals surface area contributed by atoms with E-state index in [1.807, 2.05) is 30.3 Å². The second-order valence-electron chi connectivity index (χ2n) is 6.22. The number of carbonyl (C=O) groups excluding carboxylic acids is 1. The molecule has 7 heteroatoms. The third-order valence-electron chi connectivity index (χ3n) is 4.15. The highest BCUT2D eigenvalue weighted by Gasteiger charge is 2.19. The molecule has 0 radical (unpaired) electrons. The Labute approximate surface area is 172 Å². The molecule has 28 heavy (non-hydrogen) atoms. The van der Waals surface area contributed by atoms with Gasteiger partial charge in [-0.25, -0.2) is 4.98 Å². The monoisotopic (exact) mass is 413 g/mol. The van der Waals surface area contributed by atoms with Crippen LogP contribution in [0, 0.1) is 0 Å². The second-order valence-corrected chi connectivity index (χ2v) is 7.97. The minimum atomic E-state index is -0.420. The minimum absolute atomic E-state index is 0.121. The van der Waals surface area contributed by atoms with Crippen molar-refractivity contribution in [1.82, 2.24) is 14.9 Å². The van der Waals surface area contributed by atoms with Crippen molar-refractivity contribution in [2.45, 2.75) is 30.4 Å². The molecule has 0 aliphatic carbocycles. The molecule has 144 valence electrons. The quantitative estimate of drug-likeness (QED) is 0.361. The largest absolute Gasteiger partial charge is 0.351 e. The van der Waals surface area contributed by atoms with Crippen LogP contribution in [-0.4, -0.2) is 20.7 Å². The number of aromatic nitrogens is 2. The summed E-state index contributed by atoms with van der Waals surface area (Å²) >= 11 is 7.26. The molecule has 0 bridgehead atoms. The average molecular weight is 414 g/mol. The van der Waals surface area contributed by atoms with E-state index in [-0.39, 0.29) is 11.5 Å². The van der Waals surface area contributed by atoms with Gasteiger partial charge in [-0.2, -0.15) is 0 Å². The van der Waals surface area contributed by atoms with Crippen molar-refractivity contribution in [3.8, 4) is 0 Å². The van der Waals surface area contributed by atoms with Crippen molar-refractivity contribution in [3.63, 3.8) is 0 Å². The fraction of sp³-hybridized carbons (Fsp3) is 0.190. The third-order valence-corrected chi connectivity index (χ3v) is 5.48. The van der Waals surface area contributed by atoms with Gasteiger partial charge in [-0.3, -0.25) is 14.2 Å². The SMILES string of the molecule is C=CCn1c(S[C@H](C)C(=O)NCc2ccccc2)nc2ccc(Cl)cc2c1=O. The van der Waals surface area contributed by atoms with Gasteiger partial charge in [0, 0.05) is 18.1 Å². The van der Waals surface area contributed by atoms with Crippen LogP contribution in [0.4, 0.5) is 0 Å². The number of hydrogen-bond acceptors (Lipinski definition) is 4. The predicted octanol–water partition coefficient (Wildman–Crippen LogP) is 4.03.